The second kappa shape index (κ2) is 5.27. The van der Waals surface area contributed by atoms with E-state index in [-0.39, 0.29) is 37.6 Å². The van der Waals surface area contributed by atoms with Crippen LogP contribution in [0.1, 0.15) is 6.92 Å². The molecule has 1 saturated heterocycles. The number of ether oxygens (including phenoxy) is 1. The molecule has 0 aromatic heterocycles. The molecule has 6 heteroatoms. The van der Waals surface area contributed by atoms with Crippen molar-refractivity contribution in [1.29, 1.82) is 0 Å². The van der Waals surface area contributed by atoms with Gasteiger partial charge in [-0.1, -0.05) is 6.92 Å². The minimum absolute atomic E-state index is 0.135. The van der Waals surface area contributed by atoms with Crippen molar-refractivity contribution in [2.75, 3.05) is 26.8 Å². The fourth-order valence-electron chi connectivity index (χ4n) is 1.77. The quantitative estimate of drug-likeness (QED) is 0.655. The largest absolute Gasteiger partial charge is 0.481 e. The Balaban J connectivity index is 2.69. The Kier molecular flexibility index (Phi) is 4.26. The Morgan fingerprint density at radius 1 is 1.56 bits per heavy atom. The predicted molar refractivity (Wildman–Crippen MR) is 56.7 cm³/mol. The minimum Gasteiger partial charge on any atom is -0.481 e. The molecule has 1 rings (SSSR count). The van der Waals surface area contributed by atoms with Crippen molar-refractivity contribution < 1.29 is 19.4 Å². The molecule has 0 aromatic rings. The second-order valence-electron chi connectivity index (χ2n) is 4.14. The van der Waals surface area contributed by atoms with E-state index in [1.807, 2.05) is 0 Å². The van der Waals surface area contributed by atoms with E-state index in [0.29, 0.717) is 0 Å². The van der Waals surface area contributed by atoms with Crippen molar-refractivity contribution in [2.45, 2.75) is 13.0 Å². The number of likely N-dealkylation sites (N-methyl/N-ethyl adjacent to an activating group) is 1. The van der Waals surface area contributed by atoms with Crippen molar-refractivity contribution in [3.63, 3.8) is 0 Å². The topological polar surface area (TPSA) is 92.9 Å². The zero-order valence-corrected chi connectivity index (χ0v) is 9.55. The van der Waals surface area contributed by atoms with Gasteiger partial charge >= 0.3 is 5.97 Å². The van der Waals surface area contributed by atoms with Crippen LogP contribution in [0.4, 0.5) is 0 Å². The Morgan fingerprint density at radius 3 is 2.69 bits per heavy atom. The highest BCUT2D eigenvalue weighted by molar-refractivity contribution is 5.80. The lowest BCUT2D eigenvalue weighted by Crippen LogP contribution is -2.47. The van der Waals surface area contributed by atoms with E-state index in [1.165, 1.54) is 4.90 Å². The maximum Gasteiger partial charge on any atom is 0.311 e. The third-order valence-corrected chi connectivity index (χ3v) is 2.99. The van der Waals surface area contributed by atoms with Crippen LogP contribution in [0.2, 0.25) is 0 Å². The van der Waals surface area contributed by atoms with Gasteiger partial charge in [-0.15, -0.1) is 0 Å². The number of hydrogen-bond acceptors (Lipinski definition) is 4. The summed E-state index contributed by atoms with van der Waals surface area (Å²) in [7, 11) is 1.60. The standard InChI is InChI=1S/C10H18N2O4/c1-6(3-11)9(13)12(2)8-5-16-4-7(8)10(14)15/h6-8H,3-5,11H2,1-2H3,(H,14,15). The summed E-state index contributed by atoms with van der Waals surface area (Å²) in [6.45, 7) is 2.42. The van der Waals surface area contributed by atoms with Crippen LogP contribution in [-0.4, -0.2) is 54.7 Å². The molecule has 6 nitrogen and oxygen atoms in total. The van der Waals surface area contributed by atoms with E-state index in [4.69, 9.17) is 15.6 Å². The minimum atomic E-state index is -0.928. The average molecular weight is 230 g/mol. The molecular formula is C10H18N2O4. The second-order valence-corrected chi connectivity index (χ2v) is 4.14. The molecule has 1 fully saturated rings. The van der Waals surface area contributed by atoms with Crippen molar-refractivity contribution in [3.8, 4) is 0 Å². The third kappa shape index (κ3) is 2.51. The number of nitrogens with two attached hydrogens (primary N) is 1. The lowest BCUT2D eigenvalue weighted by atomic mass is 10.0. The van der Waals surface area contributed by atoms with Crippen LogP contribution in [0.5, 0.6) is 0 Å². The number of aliphatic carboxylic acids is 1. The zero-order valence-electron chi connectivity index (χ0n) is 9.55. The van der Waals surface area contributed by atoms with Crippen LogP contribution in [0.3, 0.4) is 0 Å². The SMILES string of the molecule is CC(CN)C(=O)N(C)C1COCC1C(=O)O. The van der Waals surface area contributed by atoms with Crippen molar-refractivity contribution in [1.82, 2.24) is 4.90 Å². The molecule has 0 radical (unpaired) electrons. The van der Waals surface area contributed by atoms with Gasteiger partial charge in [-0.3, -0.25) is 9.59 Å². The molecule has 92 valence electrons. The fraction of sp³-hybridized carbons (Fsp3) is 0.800. The maximum absolute atomic E-state index is 11.8. The molecule has 3 atom stereocenters. The van der Waals surface area contributed by atoms with Gasteiger partial charge in [-0.25, -0.2) is 0 Å². The molecule has 0 bridgehead atoms. The molecule has 16 heavy (non-hydrogen) atoms. The van der Waals surface area contributed by atoms with Crippen molar-refractivity contribution >= 4 is 11.9 Å². The first kappa shape index (κ1) is 12.9. The summed E-state index contributed by atoms with van der Waals surface area (Å²) in [4.78, 5) is 24.2. The smallest absolute Gasteiger partial charge is 0.311 e. The summed E-state index contributed by atoms with van der Waals surface area (Å²) in [5, 5.41) is 8.97. The predicted octanol–water partition coefficient (Wildman–Crippen LogP) is -0.861. The van der Waals surface area contributed by atoms with Gasteiger partial charge in [0.1, 0.15) is 5.92 Å². The van der Waals surface area contributed by atoms with E-state index < -0.39 is 11.9 Å². The van der Waals surface area contributed by atoms with Gasteiger partial charge in [0.15, 0.2) is 0 Å². The van der Waals surface area contributed by atoms with Gasteiger partial charge in [0, 0.05) is 19.5 Å². The average Bonchev–Trinajstić information content (AvgIpc) is 2.74. The normalized spacial score (nSPS) is 26.4. The lowest BCUT2D eigenvalue weighted by Gasteiger charge is -2.28. The summed E-state index contributed by atoms with van der Waals surface area (Å²) >= 11 is 0. The molecule has 3 N–H and O–H groups in total. The Bertz CT molecular complexity index is 282. The van der Waals surface area contributed by atoms with Crippen LogP contribution in [0.15, 0.2) is 0 Å². The number of carbonyl (C=O) groups excluding carboxylic acids is 1. The number of carboxylic acid groups (broad SMARTS) is 1. The number of carbonyl (C=O) groups is 2. The number of carboxylic acids is 1. The Morgan fingerprint density at radius 2 is 2.19 bits per heavy atom. The van der Waals surface area contributed by atoms with E-state index in [0.717, 1.165) is 0 Å². The van der Waals surface area contributed by atoms with E-state index in [9.17, 15) is 9.59 Å². The summed E-state index contributed by atoms with van der Waals surface area (Å²) in [6.07, 6.45) is 0. The van der Waals surface area contributed by atoms with Gasteiger partial charge in [0.25, 0.3) is 0 Å². The summed E-state index contributed by atoms with van der Waals surface area (Å²) in [5.74, 6) is -1.99. The Labute approximate surface area is 94.3 Å². The summed E-state index contributed by atoms with van der Waals surface area (Å²) < 4.78 is 5.11. The summed E-state index contributed by atoms with van der Waals surface area (Å²) in [5.41, 5.74) is 5.41. The lowest BCUT2D eigenvalue weighted by molar-refractivity contribution is -0.145. The van der Waals surface area contributed by atoms with Gasteiger partial charge in [-0.2, -0.15) is 0 Å². The Hall–Kier alpha value is -1.14. The molecule has 1 heterocycles. The first-order valence-electron chi connectivity index (χ1n) is 5.26. The molecular weight excluding hydrogens is 212 g/mol. The molecule has 1 aliphatic heterocycles. The fourth-order valence-corrected chi connectivity index (χ4v) is 1.77. The van der Waals surface area contributed by atoms with E-state index >= 15 is 0 Å². The molecule has 3 unspecified atom stereocenters. The number of amides is 1. The molecule has 1 aliphatic rings. The first-order chi connectivity index (χ1) is 7.49. The molecule has 0 aliphatic carbocycles. The molecule has 1 amide bonds. The highest BCUT2D eigenvalue weighted by Gasteiger charge is 2.39. The summed E-state index contributed by atoms with van der Waals surface area (Å²) in [6, 6.07) is -0.390. The molecule has 0 aromatic carbocycles. The molecule has 0 spiro atoms. The highest BCUT2D eigenvalue weighted by atomic mass is 16.5. The highest BCUT2D eigenvalue weighted by Crippen LogP contribution is 2.20. The number of nitrogens with zero attached hydrogens (tertiary/aromatic N) is 1. The van der Waals surface area contributed by atoms with Crippen molar-refractivity contribution in [2.24, 2.45) is 17.6 Å². The van der Waals surface area contributed by atoms with Gasteiger partial charge in [-0.05, 0) is 0 Å². The van der Waals surface area contributed by atoms with Gasteiger partial charge in [0.05, 0.1) is 19.3 Å². The van der Waals surface area contributed by atoms with Crippen LogP contribution in [0, 0.1) is 11.8 Å². The van der Waals surface area contributed by atoms with Crippen LogP contribution < -0.4 is 5.73 Å². The van der Waals surface area contributed by atoms with E-state index in [2.05, 4.69) is 0 Å². The first-order valence-corrected chi connectivity index (χ1v) is 5.26. The van der Waals surface area contributed by atoms with Crippen LogP contribution in [-0.2, 0) is 14.3 Å². The number of hydrogen-bond donors (Lipinski definition) is 2. The zero-order chi connectivity index (χ0) is 12.3. The van der Waals surface area contributed by atoms with Gasteiger partial charge < -0.3 is 20.5 Å². The maximum atomic E-state index is 11.8. The third-order valence-electron chi connectivity index (χ3n) is 2.99. The van der Waals surface area contributed by atoms with Crippen LogP contribution in [0.25, 0.3) is 0 Å². The number of rotatable bonds is 4. The van der Waals surface area contributed by atoms with Gasteiger partial charge in [0.2, 0.25) is 5.91 Å². The monoisotopic (exact) mass is 230 g/mol. The van der Waals surface area contributed by atoms with Crippen LogP contribution >= 0.6 is 0 Å². The van der Waals surface area contributed by atoms with E-state index in [1.54, 1.807) is 14.0 Å². The van der Waals surface area contributed by atoms with Crippen molar-refractivity contribution in [3.05, 3.63) is 0 Å². The molecule has 0 saturated carbocycles.